The van der Waals surface area contributed by atoms with E-state index in [9.17, 15) is 0 Å². The second-order valence-electron chi connectivity index (χ2n) is 0.730. The first-order valence-corrected chi connectivity index (χ1v) is 2.84. The Balaban J connectivity index is -0.0000000221. The van der Waals surface area contributed by atoms with E-state index in [1.54, 1.807) is 0 Å². The van der Waals surface area contributed by atoms with Gasteiger partial charge in [-0.05, 0) is 0 Å². The maximum atomic E-state index is 8.56. The van der Waals surface area contributed by atoms with Crippen LogP contribution in [0.4, 0.5) is 4.79 Å². The average Bonchev–Trinajstić information content (AvgIpc) is 1.19. The van der Waals surface area contributed by atoms with Crippen molar-refractivity contribution < 1.29 is 56.8 Å². The molecule has 0 aliphatic rings. The molecule has 11 heteroatoms. The summed E-state index contributed by atoms with van der Waals surface area (Å²) in [6, 6.07) is 0. The second kappa shape index (κ2) is 14.6. The van der Waals surface area contributed by atoms with Gasteiger partial charge in [-0.3, -0.25) is 0 Å². The van der Waals surface area contributed by atoms with Gasteiger partial charge in [-0.2, -0.15) is 7.82 Å². The van der Waals surface area contributed by atoms with E-state index >= 15 is 0 Å². The van der Waals surface area contributed by atoms with Crippen LogP contribution in [0.15, 0.2) is 0 Å². The van der Waals surface area contributed by atoms with Crippen LogP contribution in [0.25, 0.3) is 0 Å². The van der Waals surface area contributed by atoms with Crippen molar-refractivity contribution in [1.29, 1.82) is 0 Å². The van der Waals surface area contributed by atoms with Gasteiger partial charge in [0.05, 0.1) is 0 Å². The number of hydrogen-bond acceptors (Lipinski definition) is 6. The molecule has 0 saturated heterocycles. The number of carboxylic acid groups (broad SMARTS) is 2. The molecule has 0 aliphatic carbocycles. The summed E-state index contributed by atoms with van der Waals surface area (Å²) in [7, 11) is -5.39. The molecule has 8 nitrogen and oxygen atoms in total. The molecule has 12 heavy (non-hydrogen) atoms. The normalized spacial score (nSPS) is 6.92. The number of carbonyl (C=O) groups is 1. The van der Waals surface area contributed by atoms with Gasteiger partial charge < -0.3 is 34.9 Å². The predicted octanol–water partition coefficient (Wildman–Crippen LogP) is -3.16. The fourth-order valence-electron chi connectivity index (χ4n) is 0. The van der Waals surface area contributed by atoms with Crippen LogP contribution in [-0.2, 0) is 21.6 Å². The molecule has 1 radical (unpaired) electrons. The molecule has 0 heterocycles. The van der Waals surface area contributed by atoms with Gasteiger partial charge in [0.2, 0.25) is 0 Å². The molecule has 0 aromatic carbocycles. The summed E-state index contributed by atoms with van der Waals surface area (Å²) in [5, 5.41) is 13.9. The Bertz CT molecular complexity index is 119. The van der Waals surface area contributed by atoms with Crippen molar-refractivity contribution in [3.05, 3.63) is 0 Å². The largest absolute Gasteiger partial charge is 2.00 e. The van der Waals surface area contributed by atoms with Crippen molar-refractivity contribution in [2.75, 3.05) is 0 Å². The van der Waals surface area contributed by atoms with Gasteiger partial charge in [-0.15, -0.1) is 0 Å². The van der Waals surface area contributed by atoms with E-state index in [2.05, 4.69) is 0 Å². The van der Waals surface area contributed by atoms with E-state index in [0.29, 0.717) is 0 Å². The Morgan fingerprint density at radius 1 is 1.17 bits per heavy atom. The smallest absolute Gasteiger partial charge is 0.870 e. The summed E-state index contributed by atoms with van der Waals surface area (Å²) in [5.41, 5.74) is 0. The second-order valence-corrected chi connectivity index (χ2v) is 1.62. The van der Waals surface area contributed by atoms with Gasteiger partial charge in [-0.1, -0.05) is 0 Å². The van der Waals surface area contributed by atoms with Crippen LogP contribution < -0.4 is 14.7 Å². The molecule has 0 rings (SSSR count). The monoisotopic (exact) mass is 269 g/mol. The molecule has 0 atom stereocenters. The van der Waals surface area contributed by atoms with Crippen LogP contribution in [0.3, 0.4) is 0 Å². The van der Waals surface area contributed by atoms with E-state index in [1.165, 1.54) is 0 Å². The van der Waals surface area contributed by atoms with Crippen molar-refractivity contribution in [2.45, 2.75) is 0 Å². The number of rotatable bonds is 0. The minimum atomic E-state index is -5.39. The van der Waals surface area contributed by atoms with Crippen molar-refractivity contribution in [1.82, 2.24) is 0 Å². The molecule has 0 saturated carbocycles. The fourth-order valence-corrected chi connectivity index (χ4v) is 0. The standard InChI is InChI=1S/CH2O3.Ca.Mn.H3O4P.H2O/c2-1(3)4;;;1-5(2,3)4;/h(H2,2,3,4);;;(H3,1,2,3,4);1H2/q;2*+2;;/p-4. The summed E-state index contributed by atoms with van der Waals surface area (Å²) < 4.78 is 8.55. The quantitative estimate of drug-likeness (QED) is 0.342. The molecule has 69 valence electrons. The zero-order valence-corrected chi connectivity index (χ0v) is 9.70. The van der Waals surface area contributed by atoms with Crippen molar-refractivity contribution in [3.63, 3.8) is 0 Å². The van der Waals surface area contributed by atoms with Crippen LogP contribution in [0.5, 0.6) is 0 Å². The first-order chi connectivity index (χ1) is 3.73. The van der Waals surface area contributed by atoms with Gasteiger partial charge in [0, 0.05) is 0 Å². The summed E-state index contributed by atoms with van der Waals surface area (Å²) in [6.45, 7) is 0. The molecule has 0 aromatic heterocycles. The minimum absolute atomic E-state index is 0. The summed E-state index contributed by atoms with van der Waals surface area (Å²) in [4.78, 5) is 34.2. The first-order valence-electron chi connectivity index (χ1n) is 1.38. The maximum Gasteiger partial charge on any atom is 2.00 e. The third kappa shape index (κ3) is 909. The van der Waals surface area contributed by atoms with E-state index in [4.69, 9.17) is 34.3 Å². The van der Waals surface area contributed by atoms with Crippen molar-refractivity contribution in [2.24, 2.45) is 0 Å². The Kier molecular flexibility index (Phi) is 35.6. The van der Waals surface area contributed by atoms with E-state index < -0.39 is 14.0 Å². The topological polar surface area (TPSA) is 174 Å². The van der Waals surface area contributed by atoms with Gasteiger partial charge in [0.1, 0.15) is 0 Å². The van der Waals surface area contributed by atoms with E-state index in [1.807, 2.05) is 0 Å². The molecule has 0 spiro atoms. The van der Waals surface area contributed by atoms with Gasteiger partial charge in [0.15, 0.2) is 0 Å². The molecular weight excluding hydrogens is 266 g/mol. The molecular formula is CH3CaMnO8P. The SMILES string of the molecule is O=C(O)O.O=P([O-])([O-])[O-].[Ca+2].[Mn+2].[OH-]. The summed E-state index contributed by atoms with van der Waals surface area (Å²) in [6.07, 6.45) is -1.83. The third-order valence-electron chi connectivity index (χ3n) is 0. The van der Waals surface area contributed by atoms with Gasteiger partial charge in [0.25, 0.3) is 0 Å². The zero-order valence-electron chi connectivity index (χ0n) is 5.42. The third-order valence-corrected chi connectivity index (χ3v) is 0. The average molecular weight is 269 g/mol. The zero-order chi connectivity index (χ0) is 8.08. The minimum Gasteiger partial charge on any atom is -0.870 e. The first kappa shape index (κ1) is 29.2. The Morgan fingerprint density at radius 2 is 1.17 bits per heavy atom. The summed E-state index contributed by atoms with van der Waals surface area (Å²) in [5.74, 6) is 0. The number of hydrogen-bond donors (Lipinski definition) is 2. The van der Waals surface area contributed by atoms with Gasteiger partial charge in [-0.25, -0.2) is 4.79 Å². The summed E-state index contributed by atoms with van der Waals surface area (Å²) >= 11 is 0. The molecule has 3 N–H and O–H groups in total. The molecule has 0 aliphatic heterocycles. The van der Waals surface area contributed by atoms with Gasteiger partial charge >= 0.3 is 61.0 Å². The van der Waals surface area contributed by atoms with Crippen LogP contribution in [0, 0.1) is 0 Å². The molecule has 0 aromatic rings. The Labute approximate surface area is 108 Å². The van der Waals surface area contributed by atoms with Crippen LogP contribution in [-0.4, -0.2) is 59.6 Å². The van der Waals surface area contributed by atoms with Crippen LogP contribution in [0.2, 0.25) is 0 Å². The fraction of sp³-hybridized carbons (Fsp3) is 0. The number of phosphoric acid groups is 1. The Morgan fingerprint density at radius 3 is 1.17 bits per heavy atom. The van der Waals surface area contributed by atoms with Crippen LogP contribution in [0.1, 0.15) is 0 Å². The van der Waals surface area contributed by atoms with Crippen LogP contribution >= 0.6 is 7.82 Å². The Hall–Kier alpha value is 1.12. The van der Waals surface area contributed by atoms with Crippen molar-refractivity contribution in [3.8, 4) is 0 Å². The molecule has 0 amide bonds. The van der Waals surface area contributed by atoms with E-state index in [-0.39, 0.29) is 60.3 Å². The van der Waals surface area contributed by atoms with Crippen molar-refractivity contribution >= 4 is 51.7 Å². The molecule has 0 unspecified atom stereocenters. The molecule has 0 fully saturated rings. The van der Waals surface area contributed by atoms with E-state index in [0.717, 1.165) is 0 Å². The predicted molar refractivity (Wildman–Crippen MR) is 25.9 cm³/mol. The molecule has 0 bridgehead atoms. The maximum absolute atomic E-state index is 8.56.